The molecule has 1 aliphatic rings. The van der Waals surface area contributed by atoms with Crippen molar-refractivity contribution in [3.63, 3.8) is 0 Å². The van der Waals surface area contributed by atoms with Crippen molar-refractivity contribution in [3.05, 3.63) is 35.9 Å². The molecule has 1 heterocycles. The lowest BCUT2D eigenvalue weighted by Gasteiger charge is -2.33. The Morgan fingerprint density at radius 1 is 1.48 bits per heavy atom. The molecule has 1 atom stereocenters. The first-order chi connectivity index (χ1) is 10.0. The number of hydrogen-bond donors (Lipinski definition) is 1. The zero-order valence-corrected chi connectivity index (χ0v) is 14.1. The van der Waals surface area contributed by atoms with Gasteiger partial charge in [-0.3, -0.25) is 0 Å². The van der Waals surface area contributed by atoms with Gasteiger partial charge in [-0.1, -0.05) is 54.3 Å². The molecule has 5 heteroatoms. The highest BCUT2D eigenvalue weighted by Crippen LogP contribution is 2.31. The Morgan fingerprint density at radius 3 is 2.86 bits per heavy atom. The second-order valence-electron chi connectivity index (χ2n) is 5.86. The molecule has 1 fully saturated rings. The van der Waals surface area contributed by atoms with Crippen LogP contribution in [0.4, 0.5) is 0 Å². The third-order valence-electron chi connectivity index (χ3n) is 3.82. The van der Waals surface area contributed by atoms with E-state index in [4.69, 9.17) is 12.2 Å². The molecule has 1 N–H and O–H groups in total. The number of nitriles is 1. The summed E-state index contributed by atoms with van der Waals surface area (Å²) in [6.45, 7) is 4.94. The summed E-state index contributed by atoms with van der Waals surface area (Å²) in [6.07, 6.45) is 2.15. The molecule has 0 radical (unpaired) electrons. The number of rotatable bonds is 4. The minimum absolute atomic E-state index is 0.220. The van der Waals surface area contributed by atoms with Crippen molar-refractivity contribution in [1.29, 1.82) is 5.26 Å². The van der Waals surface area contributed by atoms with Gasteiger partial charge in [0, 0.05) is 18.3 Å². The zero-order chi connectivity index (χ0) is 15.3. The van der Waals surface area contributed by atoms with E-state index in [1.54, 1.807) is 11.8 Å². The van der Waals surface area contributed by atoms with Crippen LogP contribution in [0.1, 0.15) is 32.3 Å². The van der Waals surface area contributed by atoms with Gasteiger partial charge in [0.15, 0.2) is 0 Å². The van der Waals surface area contributed by atoms with E-state index in [0.717, 1.165) is 29.5 Å². The summed E-state index contributed by atoms with van der Waals surface area (Å²) >= 11 is 7.06. The standard InChI is InChI=1S/C16H21N3S2/c1-16(2,12-17)14-9-6-10-19(14)18-15(20)21-11-13-7-4-3-5-8-13/h3-5,7-8,14H,6,9-11H2,1-2H3,(H,18,20). The highest BCUT2D eigenvalue weighted by molar-refractivity contribution is 8.22. The van der Waals surface area contributed by atoms with E-state index < -0.39 is 0 Å². The van der Waals surface area contributed by atoms with E-state index in [2.05, 4.69) is 28.6 Å². The number of nitrogens with zero attached hydrogens (tertiary/aromatic N) is 2. The first-order valence-electron chi connectivity index (χ1n) is 7.18. The molecule has 1 aliphatic heterocycles. The number of nitrogens with one attached hydrogen (secondary N) is 1. The Labute approximate surface area is 136 Å². The van der Waals surface area contributed by atoms with Gasteiger partial charge < -0.3 is 5.43 Å². The number of thioether (sulfide) groups is 1. The lowest BCUT2D eigenvalue weighted by atomic mass is 9.85. The molecule has 1 unspecified atom stereocenters. The van der Waals surface area contributed by atoms with Crippen LogP contribution in [0.2, 0.25) is 0 Å². The topological polar surface area (TPSA) is 39.1 Å². The van der Waals surface area contributed by atoms with E-state index in [1.165, 1.54) is 5.56 Å². The van der Waals surface area contributed by atoms with Crippen LogP contribution >= 0.6 is 24.0 Å². The lowest BCUT2D eigenvalue weighted by Crippen LogP contribution is -2.49. The average molecular weight is 319 g/mol. The van der Waals surface area contributed by atoms with Crippen molar-refractivity contribution >= 4 is 28.3 Å². The Bertz CT molecular complexity index is 522. The second kappa shape index (κ2) is 7.26. The van der Waals surface area contributed by atoms with Gasteiger partial charge in [0.2, 0.25) is 0 Å². The molecule has 0 aromatic heterocycles. The van der Waals surface area contributed by atoms with Crippen LogP contribution in [0, 0.1) is 16.7 Å². The number of benzene rings is 1. The van der Waals surface area contributed by atoms with Crippen molar-refractivity contribution in [3.8, 4) is 6.07 Å². The molecular weight excluding hydrogens is 298 g/mol. The van der Waals surface area contributed by atoms with Crippen LogP contribution < -0.4 is 5.43 Å². The molecule has 2 rings (SSSR count). The second-order valence-corrected chi connectivity index (χ2v) is 7.51. The van der Waals surface area contributed by atoms with Crippen LogP contribution in [-0.4, -0.2) is 21.9 Å². The van der Waals surface area contributed by atoms with Crippen LogP contribution in [0.5, 0.6) is 0 Å². The van der Waals surface area contributed by atoms with E-state index in [0.29, 0.717) is 0 Å². The van der Waals surface area contributed by atoms with Gasteiger partial charge >= 0.3 is 0 Å². The summed E-state index contributed by atoms with van der Waals surface area (Å²) in [5, 5.41) is 11.5. The molecular formula is C16H21N3S2. The zero-order valence-electron chi connectivity index (χ0n) is 12.5. The fourth-order valence-electron chi connectivity index (χ4n) is 2.60. The summed E-state index contributed by atoms with van der Waals surface area (Å²) in [6, 6.07) is 12.9. The van der Waals surface area contributed by atoms with Crippen molar-refractivity contribution in [2.75, 3.05) is 6.54 Å². The summed E-state index contributed by atoms with van der Waals surface area (Å²) in [5.74, 6) is 0.868. The molecule has 0 amide bonds. The van der Waals surface area contributed by atoms with E-state index >= 15 is 0 Å². The predicted molar refractivity (Wildman–Crippen MR) is 92.6 cm³/mol. The van der Waals surface area contributed by atoms with Gasteiger partial charge in [0.1, 0.15) is 4.32 Å². The first kappa shape index (κ1) is 16.3. The molecule has 0 spiro atoms. The van der Waals surface area contributed by atoms with Gasteiger partial charge in [-0.05, 0) is 32.3 Å². The summed E-state index contributed by atoms with van der Waals surface area (Å²) in [4.78, 5) is 0. The number of hydrogen-bond acceptors (Lipinski definition) is 4. The van der Waals surface area contributed by atoms with Crippen LogP contribution in [-0.2, 0) is 5.75 Å². The fourth-order valence-corrected chi connectivity index (χ4v) is 3.56. The molecule has 0 bridgehead atoms. The molecule has 1 aromatic rings. The van der Waals surface area contributed by atoms with Crippen molar-refractivity contribution < 1.29 is 0 Å². The van der Waals surface area contributed by atoms with E-state index in [9.17, 15) is 5.26 Å². The van der Waals surface area contributed by atoms with Gasteiger partial charge in [0.05, 0.1) is 11.5 Å². The largest absolute Gasteiger partial charge is 0.304 e. The van der Waals surface area contributed by atoms with Gasteiger partial charge in [0.25, 0.3) is 0 Å². The monoisotopic (exact) mass is 319 g/mol. The first-order valence-corrected chi connectivity index (χ1v) is 8.57. The maximum atomic E-state index is 9.32. The molecule has 21 heavy (non-hydrogen) atoms. The Morgan fingerprint density at radius 2 is 2.19 bits per heavy atom. The summed E-state index contributed by atoms with van der Waals surface area (Å²) < 4.78 is 0.777. The quantitative estimate of drug-likeness (QED) is 0.856. The smallest absolute Gasteiger partial charge is 0.148 e. The molecule has 1 aromatic carbocycles. The highest BCUT2D eigenvalue weighted by Gasteiger charge is 2.38. The minimum atomic E-state index is -0.358. The molecule has 0 aliphatic carbocycles. The third-order valence-corrected chi connectivity index (χ3v) is 5.10. The molecule has 112 valence electrons. The van der Waals surface area contributed by atoms with Crippen LogP contribution in [0.25, 0.3) is 0 Å². The maximum Gasteiger partial charge on any atom is 0.148 e. The number of hydrazine groups is 1. The lowest BCUT2D eigenvalue weighted by molar-refractivity contribution is 0.141. The van der Waals surface area contributed by atoms with Crippen LogP contribution in [0.3, 0.4) is 0 Å². The van der Waals surface area contributed by atoms with Gasteiger partial charge in [-0.25, -0.2) is 5.01 Å². The van der Waals surface area contributed by atoms with Crippen molar-refractivity contribution in [2.24, 2.45) is 5.41 Å². The highest BCUT2D eigenvalue weighted by atomic mass is 32.2. The number of thiocarbonyl (C=S) groups is 1. The Balaban J connectivity index is 1.86. The Hall–Kier alpha value is -1.09. The van der Waals surface area contributed by atoms with Crippen molar-refractivity contribution in [2.45, 2.75) is 38.5 Å². The molecule has 0 saturated carbocycles. The van der Waals surface area contributed by atoms with Gasteiger partial charge in [-0.2, -0.15) is 5.26 Å². The molecule has 1 saturated heterocycles. The van der Waals surface area contributed by atoms with Crippen LogP contribution in [0.15, 0.2) is 30.3 Å². The fraction of sp³-hybridized carbons (Fsp3) is 0.500. The maximum absolute atomic E-state index is 9.32. The molecule has 3 nitrogen and oxygen atoms in total. The SMILES string of the molecule is CC(C)(C#N)C1CCCN1NC(=S)SCc1ccccc1. The minimum Gasteiger partial charge on any atom is -0.304 e. The van der Waals surface area contributed by atoms with E-state index in [1.807, 2.05) is 32.0 Å². The van der Waals surface area contributed by atoms with Gasteiger partial charge in [-0.15, -0.1) is 0 Å². The van der Waals surface area contributed by atoms with E-state index in [-0.39, 0.29) is 11.5 Å². The average Bonchev–Trinajstić information content (AvgIpc) is 2.95. The summed E-state index contributed by atoms with van der Waals surface area (Å²) in [5.41, 5.74) is 4.22. The normalized spacial score (nSPS) is 19.2. The predicted octanol–water partition coefficient (Wildman–Crippen LogP) is 3.72. The summed E-state index contributed by atoms with van der Waals surface area (Å²) in [7, 11) is 0. The Kier molecular flexibility index (Phi) is 5.63. The third kappa shape index (κ3) is 4.44. The van der Waals surface area contributed by atoms with Crippen molar-refractivity contribution in [1.82, 2.24) is 10.4 Å².